The van der Waals surface area contributed by atoms with Crippen molar-refractivity contribution in [2.45, 2.75) is 38.6 Å². The van der Waals surface area contributed by atoms with Gasteiger partial charge in [-0.2, -0.15) is 0 Å². The topological polar surface area (TPSA) is 27.7 Å². The third-order valence-electron chi connectivity index (χ3n) is 5.58. The van der Waals surface area contributed by atoms with Gasteiger partial charge >= 0.3 is 0 Å². The number of rotatable bonds is 6. The summed E-state index contributed by atoms with van der Waals surface area (Å²) in [6, 6.07) is 0.581. The molecule has 3 aliphatic rings. The Labute approximate surface area is 130 Å². The van der Waals surface area contributed by atoms with Crippen molar-refractivity contribution in [2.24, 2.45) is 11.8 Å². The van der Waals surface area contributed by atoms with Crippen LogP contribution in [0.5, 0.6) is 0 Å². The standard InChI is InChI=1S/C17H33N3O/c1-2-18-17-14-21-13-16(17)12-20-9-5-15(6-10-20)11-19-7-3-4-8-19/h15-18H,2-14H2,1H3. The predicted octanol–water partition coefficient (Wildman–Crippen LogP) is 1.42. The molecule has 0 bridgehead atoms. The molecule has 0 spiro atoms. The Hall–Kier alpha value is -0.160. The molecule has 2 unspecified atom stereocenters. The second-order valence-electron chi connectivity index (χ2n) is 7.21. The number of hydrogen-bond donors (Lipinski definition) is 1. The zero-order valence-corrected chi connectivity index (χ0v) is 13.7. The molecule has 0 aliphatic carbocycles. The Morgan fingerprint density at radius 2 is 1.67 bits per heavy atom. The van der Waals surface area contributed by atoms with Crippen LogP contribution in [0.15, 0.2) is 0 Å². The molecule has 2 atom stereocenters. The maximum Gasteiger partial charge on any atom is 0.0623 e. The van der Waals surface area contributed by atoms with Crippen molar-refractivity contribution in [3.63, 3.8) is 0 Å². The van der Waals surface area contributed by atoms with Gasteiger partial charge in [0.1, 0.15) is 0 Å². The summed E-state index contributed by atoms with van der Waals surface area (Å²) in [7, 11) is 0. The van der Waals surface area contributed by atoms with Gasteiger partial charge in [-0.1, -0.05) is 6.92 Å². The van der Waals surface area contributed by atoms with E-state index in [1.165, 1.54) is 65.0 Å². The van der Waals surface area contributed by atoms with Crippen LogP contribution in [0.1, 0.15) is 32.6 Å². The van der Waals surface area contributed by atoms with E-state index in [0.29, 0.717) is 12.0 Å². The van der Waals surface area contributed by atoms with E-state index in [0.717, 1.165) is 25.7 Å². The van der Waals surface area contributed by atoms with Gasteiger partial charge in [-0.25, -0.2) is 0 Å². The van der Waals surface area contributed by atoms with Gasteiger partial charge in [-0.3, -0.25) is 0 Å². The number of ether oxygens (including phenoxy) is 1. The lowest BCUT2D eigenvalue weighted by Crippen LogP contribution is -2.45. The highest BCUT2D eigenvalue weighted by Gasteiger charge is 2.30. The van der Waals surface area contributed by atoms with Crippen molar-refractivity contribution < 1.29 is 4.74 Å². The third kappa shape index (κ3) is 4.41. The average molecular weight is 295 g/mol. The molecule has 0 aromatic carbocycles. The van der Waals surface area contributed by atoms with Crippen LogP contribution >= 0.6 is 0 Å². The van der Waals surface area contributed by atoms with E-state index in [2.05, 4.69) is 22.0 Å². The van der Waals surface area contributed by atoms with Crippen LogP contribution in [0.3, 0.4) is 0 Å². The van der Waals surface area contributed by atoms with E-state index < -0.39 is 0 Å². The summed E-state index contributed by atoms with van der Waals surface area (Å²) in [5.41, 5.74) is 0. The molecule has 3 heterocycles. The maximum atomic E-state index is 5.68. The summed E-state index contributed by atoms with van der Waals surface area (Å²) >= 11 is 0. The molecule has 3 aliphatic heterocycles. The van der Waals surface area contributed by atoms with E-state index in [-0.39, 0.29) is 0 Å². The minimum absolute atomic E-state index is 0.581. The smallest absolute Gasteiger partial charge is 0.0623 e. The summed E-state index contributed by atoms with van der Waals surface area (Å²) in [5, 5.41) is 3.58. The van der Waals surface area contributed by atoms with Crippen LogP contribution in [-0.2, 0) is 4.74 Å². The molecule has 21 heavy (non-hydrogen) atoms. The van der Waals surface area contributed by atoms with Crippen molar-refractivity contribution in [3.05, 3.63) is 0 Å². The summed E-state index contributed by atoms with van der Waals surface area (Å²) in [6.45, 7) is 13.0. The summed E-state index contributed by atoms with van der Waals surface area (Å²) < 4.78 is 5.68. The summed E-state index contributed by atoms with van der Waals surface area (Å²) in [6.07, 6.45) is 5.64. The Bertz CT molecular complexity index is 298. The highest BCUT2D eigenvalue weighted by molar-refractivity contribution is 4.85. The molecule has 0 amide bonds. The molecule has 4 heteroatoms. The Morgan fingerprint density at radius 3 is 2.38 bits per heavy atom. The molecule has 0 saturated carbocycles. The van der Waals surface area contributed by atoms with Gasteiger partial charge in [0.25, 0.3) is 0 Å². The molecule has 122 valence electrons. The Kier molecular flexibility index (Phi) is 5.92. The Balaban J connectivity index is 1.37. The second kappa shape index (κ2) is 7.91. The maximum absolute atomic E-state index is 5.68. The summed E-state index contributed by atoms with van der Waals surface area (Å²) in [5.74, 6) is 1.64. The van der Waals surface area contributed by atoms with Crippen LogP contribution < -0.4 is 5.32 Å². The number of piperidine rings is 1. The lowest BCUT2D eigenvalue weighted by Gasteiger charge is -2.35. The molecular formula is C17H33N3O. The van der Waals surface area contributed by atoms with Crippen LogP contribution in [0.4, 0.5) is 0 Å². The molecule has 3 fully saturated rings. The monoisotopic (exact) mass is 295 g/mol. The predicted molar refractivity (Wildman–Crippen MR) is 86.6 cm³/mol. The van der Waals surface area contributed by atoms with Crippen molar-refractivity contribution in [1.82, 2.24) is 15.1 Å². The molecule has 0 aromatic rings. The average Bonchev–Trinajstić information content (AvgIpc) is 3.14. The first-order chi connectivity index (χ1) is 10.3. The minimum atomic E-state index is 0.581. The lowest BCUT2D eigenvalue weighted by molar-refractivity contribution is 0.125. The van der Waals surface area contributed by atoms with Gasteiger partial charge in [-0.15, -0.1) is 0 Å². The quantitative estimate of drug-likeness (QED) is 0.802. The van der Waals surface area contributed by atoms with Crippen LogP contribution in [-0.4, -0.2) is 74.9 Å². The van der Waals surface area contributed by atoms with Crippen molar-refractivity contribution in [3.8, 4) is 0 Å². The van der Waals surface area contributed by atoms with Gasteiger partial charge in [0.15, 0.2) is 0 Å². The van der Waals surface area contributed by atoms with Crippen LogP contribution in [0.2, 0.25) is 0 Å². The van der Waals surface area contributed by atoms with Gasteiger partial charge in [0.2, 0.25) is 0 Å². The van der Waals surface area contributed by atoms with E-state index in [1.54, 1.807) is 0 Å². The normalized spacial score (nSPS) is 33.0. The minimum Gasteiger partial charge on any atom is -0.379 e. The SMILES string of the molecule is CCNC1COCC1CN1CCC(CN2CCCC2)CC1. The first-order valence-corrected chi connectivity index (χ1v) is 9.11. The van der Waals surface area contributed by atoms with Crippen molar-refractivity contribution in [2.75, 3.05) is 59.0 Å². The number of hydrogen-bond acceptors (Lipinski definition) is 4. The fourth-order valence-corrected chi connectivity index (χ4v) is 4.28. The lowest BCUT2D eigenvalue weighted by atomic mass is 9.94. The fourth-order valence-electron chi connectivity index (χ4n) is 4.28. The molecule has 1 N–H and O–H groups in total. The van der Waals surface area contributed by atoms with Gasteiger partial charge in [0.05, 0.1) is 13.2 Å². The zero-order chi connectivity index (χ0) is 14.5. The largest absolute Gasteiger partial charge is 0.379 e. The molecule has 0 radical (unpaired) electrons. The third-order valence-corrected chi connectivity index (χ3v) is 5.58. The number of nitrogens with one attached hydrogen (secondary N) is 1. The number of likely N-dealkylation sites (tertiary alicyclic amines) is 2. The molecule has 3 rings (SSSR count). The van der Waals surface area contributed by atoms with E-state index >= 15 is 0 Å². The van der Waals surface area contributed by atoms with E-state index in [4.69, 9.17) is 4.74 Å². The van der Waals surface area contributed by atoms with Crippen LogP contribution in [0, 0.1) is 11.8 Å². The van der Waals surface area contributed by atoms with Gasteiger partial charge < -0.3 is 19.9 Å². The first-order valence-electron chi connectivity index (χ1n) is 9.11. The zero-order valence-electron chi connectivity index (χ0n) is 13.7. The van der Waals surface area contributed by atoms with E-state index in [1.807, 2.05) is 0 Å². The number of nitrogens with zero attached hydrogens (tertiary/aromatic N) is 2. The Morgan fingerprint density at radius 1 is 0.952 bits per heavy atom. The van der Waals surface area contributed by atoms with Crippen molar-refractivity contribution >= 4 is 0 Å². The highest BCUT2D eigenvalue weighted by atomic mass is 16.5. The second-order valence-corrected chi connectivity index (χ2v) is 7.21. The first kappa shape index (κ1) is 15.7. The van der Waals surface area contributed by atoms with Crippen molar-refractivity contribution in [1.29, 1.82) is 0 Å². The van der Waals surface area contributed by atoms with Gasteiger partial charge in [0, 0.05) is 25.0 Å². The number of likely N-dealkylation sites (N-methyl/N-ethyl adjacent to an activating group) is 1. The summed E-state index contributed by atoms with van der Waals surface area (Å²) in [4.78, 5) is 5.37. The molecule has 3 saturated heterocycles. The highest BCUT2D eigenvalue weighted by Crippen LogP contribution is 2.23. The molecular weight excluding hydrogens is 262 g/mol. The fraction of sp³-hybridized carbons (Fsp3) is 1.00. The molecule has 4 nitrogen and oxygen atoms in total. The van der Waals surface area contributed by atoms with E-state index in [9.17, 15) is 0 Å². The molecule has 0 aromatic heterocycles. The van der Waals surface area contributed by atoms with Crippen LogP contribution in [0.25, 0.3) is 0 Å². The van der Waals surface area contributed by atoms with Gasteiger partial charge in [-0.05, 0) is 64.3 Å².